The van der Waals surface area contributed by atoms with Crippen LogP contribution in [0.5, 0.6) is 0 Å². The topological polar surface area (TPSA) is 53.0 Å². The third kappa shape index (κ3) is 2.67. The molecule has 0 saturated heterocycles. The molecule has 0 aliphatic carbocycles. The van der Waals surface area contributed by atoms with Crippen molar-refractivity contribution in [1.29, 1.82) is 0 Å². The van der Waals surface area contributed by atoms with Crippen LogP contribution in [0.25, 0.3) is 10.8 Å². The van der Waals surface area contributed by atoms with Gasteiger partial charge >= 0.3 is 29.6 Å². The zero-order valence-corrected chi connectivity index (χ0v) is 12.3. The number of hydrogen-bond donors (Lipinski definition) is 0. The molecule has 0 aliphatic rings. The van der Waals surface area contributed by atoms with E-state index < -0.39 is 11.1 Å². The second-order valence-electron chi connectivity index (χ2n) is 2.70. The van der Waals surface area contributed by atoms with Crippen LogP contribution in [-0.4, -0.2) is 13.7 Å². The van der Waals surface area contributed by atoms with Crippen molar-refractivity contribution < 1.29 is 38.3 Å². The Hall–Kier alpha value is 0.220. The van der Waals surface area contributed by atoms with Gasteiger partial charge in [0.05, 0.1) is 0 Å². The molecule has 0 fully saturated rings. The summed E-state index contributed by atoms with van der Waals surface area (Å²) in [4.78, 5) is 4.18. The Labute approximate surface area is 120 Å². The Balaban J connectivity index is 0.00000112. The first kappa shape index (κ1) is 13.3. The van der Waals surface area contributed by atoms with Crippen molar-refractivity contribution >= 4 is 37.8 Å². The van der Waals surface area contributed by atoms with Gasteiger partial charge in [-0.15, -0.1) is 0 Å². The second kappa shape index (κ2) is 5.52. The Morgan fingerprint density at radius 1 is 1.27 bits per heavy atom. The van der Waals surface area contributed by atoms with E-state index in [9.17, 15) is 8.76 Å². The van der Waals surface area contributed by atoms with Gasteiger partial charge in [0.2, 0.25) is 0 Å². The number of aromatic nitrogens is 1. The van der Waals surface area contributed by atoms with Gasteiger partial charge in [-0.1, -0.05) is 15.9 Å². The molecule has 1 aromatic heterocycles. The minimum absolute atomic E-state index is 0. The van der Waals surface area contributed by atoms with Crippen LogP contribution in [0.1, 0.15) is 0 Å². The molecule has 2 rings (SSSR count). The molecule has 2 aromatic rings. The first-order valence-electron chi connectivity index (χ1n) is 3.81. The molecular weight excluding hydrogens is 289 g/mol. The van der Waals surface area contributed by atoms with Crippen LogP contribution in [0, 0.1) is 0 Å². The number of halogens is 1. The first-order valence-corrected chi connectivity index (χ1v) is 5.68. The average molecular weight is 294 g/mol. The van der Waals surface area contributed by atoms with Crippen LogP contribution < -0.4 is 29.6 Å². The molecule has 3 nitrogen and oxygen atoms in total. The zero-order chi connectivity index (χ0) is 10.1. The van der Waals surface area contributed by atoms with Crippen LogP contribution >= 0.6 is 15.9 Å². The van der Waals surface area contributed by atoms with Crippen LogP contribution in [0.4, 0.5) is 0 Å². The van der Waals surface area contributed by atoms with Gasteiger partial charge in [-0.05, 0) is 29.3 Å². The number of benzene rings is 1. The van der Waals surface area contributed by atoms with Gasteiger partial charge in [0.25, 0.3) is 0 Å². The molecule has 1 heterocycles. The molecular formula is C9H5BrNNaO2S. The zero-order valence-electron chi connectivity index (χ0n) is 7.94. The summed E-state index contributed by atoms with van der Waals surface area (Å²) in [5, 5.41) is 1.48. The molecule has 0 N–H and O–H groups in total. The van der Waals surface area contributed by atoms with E-state index in [2.05, 4.69) is 20.9 Å². The Bertz CT molecular complexity index is 520. The molecule has 0 bridgehead atoms. The molecule has 1 aromatic carbocycles. The van der Waals surface area contributed by atoms with Crippen molar-refractivity contribution in [2.24, 2.45) is 0 Å². The largest absolute Gasteiger partial charge is 1.00 e. The third-order valence-electron chi connectivity index (χ3n) is 1.90. The summed E-state index contributed by atoms with van der Waals surface area (Å²) >= 11 is 1.13. The maximum Gasteiger partial charge on any atom is 1.00 e. The van der Waals surface area contributed by atoms with Crippen molar-refractivity contribution in [3.05, 3.63) is 35.1 Å². The fourth-order valence-electron chi connectivity index (χ4n) is 1.27. The molecule has 6 heteroatoms. The van der Waals surface area contributed by atoms with Crippen molar-refractivity contribution in [3.63, 3.8) is 0 Å². The van der Waals surface area contributed by atoms with Crippen molar-refractivity contribution in [1.82, 2.24) is 4.98 Å². The average Bonchev–Trinajstić information content (AvgIpc) is 2.18. The quantitative estimate of drug-likeness (QED) is 0.513. The van der Waals surface area contributed by atoms with Crippen LogP contribution in [0.3, 0.4) is 0 Å². The predicted octanol–water partition coefficient (Wildman–Crippen LogP) is -0.761. The fourth-order valence-corrected chi connectivity index (χ4v) is 2.27. The van der Waals surface area contributed by atoms with E-state index in [1.165, 1.54) is 0 Å². The minimum atomic E-state index is -2.22. The van der Waals surface area contributed by atoms with E-state index in [0.717, 1.165) is 9.86 Å². The number of pyridine rings is 1. The van der Waals surface area contributed by atoms with Gasteiger partial charge in [-0.25, -0.2) is 0 Å². The minimum Gasteiger partial charge on any atom is -0.768 e. The maximum atomic E-state index is 10.9. The third-order valence-corrected chi connectivity index (χ3v) is 3.31. The predicted molar refractivity (Wildman–Crippen MR) is 56.6 cm³/mol. The Morgan fingerprint density at radius 3 is 2.67 bits per heavy atom. The summed E-state index contributed by atoms with van der Waals surface area (Å²) in [6.07, 6.45) is 3.18. The molecule has 1 atom stereocenters. The van der Waals surface area contributed by atoms with E-state index >= 15 is 0 Å². The molecule has 72 valence electrons. The number of nitrogens with zero attached hydrogens (tertiary/aromatic N) is 1. The number of hydrogen-bond acceptors (Lipinski definition) is 3. The van der Waals surface area contributed by atoms with E-state index in [-0.39, 0.29) is 34.5 Å². The van der Waals surface area contributed by atoms with Gasteiger partial charge in [-0.2, -0.15) is 0 Å². The maximum absolute atomic E-state index is 10.9. The van der Waals surface area contributed by atoms with Gasteiger partial charge in [0, 0.05) is 32.5 Å². The summed E-state index contributed by atoms with van der Waals surface area (Å²) in [6.45, 7) is 0. The van der Waals surface area contributed by atoms with Crippen LogP contribution in [-0.2, 0) is 11.1 Å². The Morgan fingerprint density at radius 2 is 2.00 bits per heavy atom. The Kier molecular flexibility index (Phi) is 4.89. The number of fused-ring (bicyclic) bond motifs is 1. The fraction of sp³-hybridized carbons (Fsp3) is 0. The van der Waals surface area contributed by atoms with Crippen molar-refractivity contribution in [2.45, 2.75) is 4.90 Å². The molecule has 0 radical (unpaired) electrons. The second-order valence-corrected chi connectivity index (χ2v) is 4.47. The summed E-state index contributed by atoms with van der Waals surface area (Å²) in [6, 6.07) is 5.04. The summed E-state index contributed by atoms with van der Waals surface area (Å²) in [5.74, 6) is 0. The van der Waals surface area contributed by atoms with Crippen molar-refractivity contribution in [2.75, 3.05) is 0 Å². The van der Waals surface area contributed by atoms with E-state index in [0.29, 0.717) is 5.39 Å². The molecule has 0 aliphatic heterocycles. The number of rotatable bonds is 1. The smallest absolute Gasteiger partial charge is 0.768 e. The molecule has 0 saturated carbocycles. The molecule has 0 spiro atoms. The first-order chi connectivity index (χ1) is 6.70. The van der Waals surface area contributed by atoms with Gasteiger partial charge in [-0.3, -0.25) is 9.19 Å². The SMILES string of the molecule is O=S([O-])c1ccc(Br)c2ccncc12.[Na+]. The standard InChI is InChI=1S/C9H6BrNO2S.Na/c10-8-1-2-9(14(12)13)7-5-11-4-3-6(7)8;/h1-5H,(H,12,13);/q;+1/p-1. The monoisotopic (exact) mass is 293 g/mol. The summed E-state index contributed by atoms with van der Waals surface area (Å²) in [7, 11) is 0. The summed E-state index contributed by atoms with van der Waals surface area (Å²) in [5.41, 5.74) is 0. The van der Waals surface area contributed by atoms with Crippen LogP contribution in [0.2, 0.25) is 0 Å². The van der Waals surface area contributed by atoms with E-state index in [4.69, 9.17) is 0 Å². The summed E-state index contributed by atoms with van der Waals surface area (Å²) < 4.78 is 22.6. The molecule has 0 amide bonds. The van der Waals surface area contributed by atoms with E-state index in [1.807, 2.05) is 0 Å². The van der Waals surface area contributed by atoms with Gasteiger partial charge in [0.1, 0.15) is 0 Å². The van der Waals surface area contributed by atoms with Crippen LogP contribution in [0.15, 0.2) is 40.0 Å². The normalized spacial score (nSPS) is 12.1. The van der Waals surface area contributed by atoms with Gasteiger partial charge < -0.3 is 4.55 Å². The van der Waals surface area contributed by atoms with Crippen molar-refractivity contribution in [3.8, 4) is 0 Å². The van der Waals surface area contributed by atoms with Gasteiger partial charge in [0.15, 0.2) is 0 Å². The molecule has 1 unspecified atom stereocenters. The van der Waals surface area contributed by atoms with E-state index in [1.54, 1.807) is 30.6 Å². The molecule has 15 heavy (non-hydrogen) atoms.